The van der Waals surface area contributed by atoms with Gasteiger partial charge in [0, 0.05) is 33.4 Å². The van der Waals surface area contributed by atoms with E-state index in [4.69, 9.17) is 15.2 Å². The molecule has 1 amide bonds. The first-order chi connectivity index (χ1) is 7.56. The number of nitrogens with two attached hydrogens (primary N) is 1. The van der Waals surface area contributed by atoms with Gasteiger partial charge in [-0.05, 0) is 13.3 Å². The van der Waals surface area contributed by atoms with Gasteiger partial charge in [-0.15, -0.1) is 0 Å². The summed E-state index contributed by atoms with van der Waals surface area (Å²) in [6.45, 7) is 3.61. The molecule has 0 aromatic carbocycles. The van der Waals surface area contributed by atoms with Crippen LogP contribution in [0.2, 0.25) is 0 Å². The fourth-order valence-corrected chi connectivity index (χ4v) is 2.05. The lowest BCUT2D eigenvalue weighted by Crippen LogP contribution is -2.44. The molecule has 3 atom stereocenters. The molecule has 1 fully saturated rings. The predicted octanol–water partition coefficient (Wildman–Crippen LogP) is -0.156. The molecular formula is C11H22N2O3. The number of hydrogen-bond acceptors (Lipinski definition) is 4. The van der Waals surface area contributed by atoms with E-state index in [-0.39, 0.29) is 24.0 Å². The van der Waals surface area contributed by atoms with Crippen molar-refractivity contribution in [3.05, 3.63) is 0 Å². The zero-order valence-electron chi connectivity index (χ0n) is 10.3. The van der Waals surface area contributed by atoms with Crippen LogP contribution in [-0.2, 0) is 14.3 Å². The van der Waals surface area contributed by atoms with E-state index < -0.39 is 0 Å². The fourth-order valence-electron chi connectivity index (χ4n) is 2.05. The minimum Gasteiger partial charge on any atom is -0.383 e. The summed E-state index contributed by atoms with van der Waals surface area (Å²) < 4.78 is 10.3. The van der Waals surface area contributed by atoms with Crippen LogP contribution in [0.25, 0.3) is 0 Å². The molecule has 5 heteroatoms. The SMILES string of the molecule is COCC(N)CN(C)C(=O)C1CCOC1C. The highest BCUT2D eigenvalue weighted by Crippen LogP contribution is 2.22. The van der Waals surface area contributed by atoms with Gasteiger partial charge in [0.05, 0.1) is 18.6 Å². The predicted molar refractivity (Wildman–Crippen MR) is 61.0 cm³/mol. The Balaban J connectivity index is 2.40. The summed E-state index contributed by atoms with van der Waals surface area (Å²) in [5.74, 6) is 0.108. The summed E-state index contributed by atoms with van der Waals surface area (Å²) in [7, 11) is 3.39. The first kappa shape index (κ1) is 13.4. The molecule has 1 aliphatic heterocycles. The molecular weight excluding hydrogens is 208 g/mol. The van der Waals surface area contributed by atoms with Gasteiger partial charge in [0.1, 0.15) is 0 Å². The molecule has 0 aliphatic carbocycles. The maximum atomic E-state index is 12.0. The smallest absolute Gasteiger partial charge is 0.228 e. The lowest BCUT2D eigenvalue weighted by molar-refractivity contribution is -0.136. The molecule has 0 spiro atoms. The highest BCUT2D eigenvalue weighted by Gasteiger charge is 2.32. The summed E-state index contributed by atoms with van der Waals surface area (Å²) in [4.78, 5) is 13.7. The summed E-state index contributed by atoms with van der Waals surface area (Å²) in [6, 6.07) is -0.128. The van der Waals surface area contributed by atoms with Crippen molar-refractivity contribution >= 4 is 5.91 Å². The normalized spacial score (nSPS) is 26.8. The van der Waals surface area contributed by atoms with Gasteiger partial charge in [0.15, 0.2) is 0 Å². The highest BCUT2D eigenvalue weighted by molar-refractivity contribution is 5.79. The van der Waals surface area contributed by atoms with Gasteiger partial charge in [-0.3, -0.25) is 4.79 Å². The van der Waals surface area contributed by atoms with Crippen LogP contribution in [0.1, 0.15) is 13.3 Å². The van der Waals surface area contributed by atoms with E-state index in [0.29, 0.717) is 19.8 Å². The Hall–Kier alpha value is -0.650. The van der Waals surface area contributed by atoms with Crippen molar-refractivity contribution in [1.82, 2.24) is 4.90 Å². The average Bonchev–Trinajstić information content (AvgIpc) is 2.63. The van der Waals surface area contributed by atoms with Gasteiger partial charge in [-0.2, -0.15) is 0 Å². The van der Waals surface area contributed by atoms with E-state index in [9.17, 15) is 4.79 Å². The number of rotatable bonds is 5. The lowest BCUT2D eigenvalue weighted by Gasteiger charge is -2.25. The van der Waals surface area contributed by atoms with Crippen molar-refractivity contribution in [1.29, 1.82) is 0 Å². The standard InChI is InChI=1S/C11H22N2O3/c1-8-10(4-5-16-8)11(14)13(2)6-9(12)7-15-3/h8-10H,4-7,12H2,1-3H3. The van der Waals surface area contributed by atoms with E-state index in [0.717, 1.165) is 6.42 Å². The molecule has 1 saturated heterocycles. The highest BCUT2D eigenvalue weighted by atomic mass is 16.5. The van der Waals surface area contributed by atoms with E-state index >= 15 is 0 Å². The second-order valence-electron chi connectivity index (χ2n) is 4.41. The van der Waals surface area contributed by atoms with Gasteiger partial charge in [-0.1, -0.05) is 0 Å². The Labute approximate surface area is 96.9 Å². The summed E-state index contributed by atoms with van der Waals surface area (Å²) >= 11 is 0. The van der Waals surface area contributed by atoms with Crippen molar-refractivity contribution < 1.29 is 14.3 Å². The Bertz CT molecular complexity index is 235. The zero-order valence-corrected chi connectivity index (χ0v) is 10.3. The molecule has 0 aromatic rings. The van der Waals surface area contributed by atoms with Crippen molar-refractivity contribution in [2.24, 2.45) is 11.7 Å². The number of hydrogen-bond donors (Lipinski definition) is 1. The van der Waals surface area contributed by atoms with Crippen LogP contribution in [0, 0.1) is 5.92 Å². The van der Waals surface area contributed by atoms with Crippen LogP contribution in [0.3, 0.4) is 0 Å². The monoisotopic (exact) mass is 230 g/mol. The van der Waals surface area contributed by atoms with Gasteiger partial charge in [0.25, 0.3) is 0 Å². The molecule has 1 rings (SSSR count). The third kappa shape index (κ3) is 3.43. The van der Waals surface area contributed by atoms with E-state index in [1.807, 2.05) is 6.92 Å². The van der Waals surface area contributed by atoms with Crippen LogP contribution in [-0.4, -0.2) is 56.9 Å². The number of carbonyl (C=O) groups is 1. The van der Waals surface area contributed by atoms with E-state index in [1.54, 1.807) is 19.1 Å². The second kappa shape index (κ2) is 6.18. The molecule has 1 heterocycles. The molecule has 0 aromatic heterocycles. The molecule has 3 unspecified atom stereocenters. The maximum Gasteiger partial charge on any atom is 0.228 e. The lowest BCUT2D eigenvalue weighted by atomic mass is 10.0. The first-order valence-corrected chi connectivity index (χ1v) is 5.67. The van der Waals surface area contributed by atoms with Gasteiger partial charge >= 0.3 is 0 Å². The van der Waals surface area contributed by atoms with Crippen LogP contribution in [0.5, 0.6) is 0 Å². The first-order valence-electron chi connectivity index (χ1n) is 5.67. The minimum absolute atomic E-state index is 0.0141. The average molecular weight is 230 g/mol. The molecule has 16 heavy (non-hydrogen) atoms. The largest absolute Gasteiger partial charge is 0.383 e. The van der Waals surface area contributed by atoms with Crippen LogP contribution in [0.15, 0.2) is 0 Å². The van der Waals surface area contributed by atoms with Crippen LogP contribution >= 0.6 is 0 Å². The number of methoxy groups -OCH3 is 1. The van der Waals surface area contributed by atoms with Crippen molar-refractivity contribution in [3.63, 3.8) is 0 Å². The number of amides is 1. The van der Waals surface area contributed by atoms with Crippen LogP contribution in [0.4, 0.5) is 0 Å². The summed E-state index contributed by atoms with van der Waals surface area (Å²) in [6.07, 6.45) is 0.831. The number of nitrogens with zero attached hydrogens (tertiary/aromatic N) is 1. The molecule has 5 nitrogen and oxygen atoms in total. The molecule has 1 aliphatic rings. The maximum absolute atomic E-state index is 12.0. The fraction of sp³-hybridized carbons (Fsp3) is 0.909. The third-order valence-electron chi connectivity index (χ3n) is 2.96. The summed E-state index contributed by atoms with van der Waals surface area (Å²) in [5, 5.41) is 0. The topological polar surface area (TPSA) is 64.8 Å². The molecule has 0 saturated carbocycles. The quantitative estimate of drug-likeness (QED) is 0.713. The molecule has 2 N–H and O–H groups in total. The minimum atomic E-state index is -0.128. The Kier molecular flexibility index (Phi) is 5.18. The Morgan fingerprint density at radius 1 is 1.69 bits per heavy atom. The van der Waals surface area contributed by atoms with E-state index in [2.05, 4.69) is 0 Å². The molecule has 0 bridgehead atoms. The Morgan fingerprint density at radius 3 is 2.88 bits per heavy atom. The van der Waals surface area contributed by atoms with Gasteiger partial charge in [-0.25, -0.2) is 0 Å². The molecule has 0 radical (unpaired) electrons. The number of ether oxygens (including phenoxy) is 2. The van der Waals surface area contributed by atoms with Crippen molar-refractivity contribution in [3.8, 4) is 0 Å². The second-order valence-corrected chi connectivity index (χ2v) is 4.41. The van der Waals surface area contributed by atoms with Crippen LogP contribution < -0.4 is 5.73 Å². The Morgan fingerprint density at radius 2 is 2.38 bits per heavy atom. The van der Waals surface area contributed by atoms with Crippen molar-refractivity contribution in [2.45, 2.75) is 25.5 Å². The van der Waals surface area contributed by atoms with Crippen molar-refractivity contribution in [2.75, 3.05) is 33.9 Å². The van der Waals surface area contributed by atoms with Gasteiger partial charge in [0.2, 0.25) is 5.91 Å². The summed E-state index contributed by atoms with van der Waals surface area (Å²) in [5.41, 5.74) is 5.81. The third-order valence-corrected chi connectivity index (χ3v) is 2.96. The zero-order chi connectivity index (χ0) is 12.1. The van der Waals surface area contributed by atoms with Gasteiger partial charge < -0.3 is 20.1 Å². The number of carbonyl (C=O) groups excluding carboxylic acids is 1. The van der Waals surface area contributed by atoms with E-state index in [1.165, 1.54) is 0 Å². The molecule has 94 valence electrons. The number of likely N-dealkylation sites (N-methyl/N-ethyl adjacent to an activating group) is 1.